The van der Waals surface area contributed by atoms with Crippen LogP contribution >= 0.6 is 0 Å². The minimum absolute atomic E-state index is 0.307. The van der Waals surface area contributed by atoms with Crippen LogP contribution in [0, 0.1) is 13.8 Å². The predicted molar refractivity (Wildman–Crippen MR) is 97.5 cm³/mol. The topological polar surface area (TPSA) is 28.7 Å². The van der Waals surface area contributed by atoms with E-state index < -0.39 is 0 Å². The average Bonchev–Trinajstić information content (AvgIpc) is 2.83. The van der Waals surface area contributed by atoms with E-state index in [1.807, 2.05) is 0 Å². The fourth-order valence-corrected chi connectivity index (χ4v) is 3.88. The summed E-state index contributed by atoms with van der Waals surface area (Å²) in [7, 11) is 0. The van der Waals surface area contributed by atoms with Gasteiger partial charge in [0.1, 0.15) is 0 Å². The molecular formula is C20H38N2. The molecule has 1 aromatic heterocycles. The van der Waals surface area contributed by atoms with E-state index in [1.54, 1.807) is 0 Å². The van der Waals surface area contributed by atoms with Crippen LogP contribution in [0.15, 0.2) is 0 Å². The molecule has 1 N–H and O–H groups in total. The second-order valence-electron chi connectivity index (χ2n) is 7.34. The Morgan fingerprint density at radius 1 is 0.818 bits per heavy atom. The third-order valence-electron chi connectivity index (χ3n) is 5.15. The maximum atomic E-state index is 4.46. The maximum absolute atomic E-state index is 4.46. The van der Waals surface area contributed by atoms with Gasteiger partial charge in [-0.05, 0) is 32.1 Å². The normalized spacial score (nSPS) is 14.2. The molecule has 0 saturated heterocycles. The Hall–Kier alpha value is -0.790. The second-order valence-corrected chi connectivity index (χ2v) is 7.34. The molecule has 0 saturated carbocycles. The van der Waals surface area contributed by atoms with E-state index in [1.165, 1.54) is 87.6 Å². The molecule has 0 aliphatic rings. The lowest BCUT2D eigenvalue weighted by molar-refractivity contribution is 0.360. The van der Waals surface area contributed by atoms with Crippen LogP contribution < -0.4 is 0 Å². The van der Waals surface area contributed by atoms with Gasteiger partial charge in [-0.15, -0.1) is 0 Å². The summed E-state index contributed by atoms with van der Waals surface area (Å²) in [6.45, 7) is 11.4. The van der Waals surface area contributed by atoms with Gasteiger partial charge in [0, 0.05) is 11.3 Å². The first-order chi connectivity index (χ1) is 10.5. The molecule has 1 unspecified atom stereocenters. The number of nitrogens with one attached hydrogen (secondary N) is 1. The summed E-state index contributed by atoms with van der Waals surface area (Å²) in [5.41, 5.74) is 4.30. The third kappa shape index (κ3) is 5.78. The minimum Gasteiger partial charge on any atom is -0.282 e. The van der Waals surface area contributed by atoms with Crippen molar-refractivity contribution >= 4 is 0 Å². The summed E-state index contributed by atoms with van der Waals surface area (Å²) in [6, 6.07) is 0. The van der Waals surface area contributed by atoms with E-state index in [-0.39, 0.29) is 0 Å². The van der Waals surface area contributed by atoms with Gasteiger partial charge in [-0.3, -0.25) is 5.10 Å². The van der Waals surface area contributed by atoms with Gasteiger partial charge in [0.05, 0.1) is 5.69 Å². The van der Waals surface area contributed by atoms with Crippen LogP contribution in [0.5, 0.6) is 0 Å². The van der Waals surface area contributed by atoms with Gasteiger partial charge >= 0.3 is 0 Å². The number of aryl methyl sites for hydroxylation is 2. The van der Waals surface area contributed by atoms with Gasteiger partial charge in [0.2, 0.25) is 0 Å². The van der Waals surface area contributed by atoms with Crippen LogP contribution in [0.2, 0.25) is 0 Å². The SMILES string of the molecule is CCCCCCCC(C)(CCCCCC)c1c(C)n[nH]c1C. The number of rotatable bonds is 12. The number of unbranched alkanes of at least 4 members (excludes halogenated alkanes) is 7. The highest BCUT2D eigenvalue weighted by molar-refractivity contribution is 5.32. The lowest BCUT2D eigenvalue weighted by Crippen LogP contribution is -2.23. The van der Waals surface area contributed by atoms with E-state index in [2.05, 4.69) is 44.8 Å². The largest absolute Gasteiger partial charge is 0.282 e. The lowest BCUT2D eigenvalue weighted by atomic mass is 9.73. The molecule has 0 aromatic carbocycles. The molecule has 128 valence electrons. The first-order valence-corrected chi connectivity index (χ1v) is 9.57. The quantitative estimate of drug-likeness (QED) is 0.432. The standard InChI is InChI=1S/C20H38N2/c1-6-8-10-12-14-16-20(5,15-13-11-9-7-2)19-17(3)21-22-18(19)4/h6-16H2,1-5H3,(H,21,22). The monoisotopic (exact) mass is 306 g/mol. The first-order valence-electron chi connectivity index (χ1n) is 9.57. The van der Waals surface area contributed by atoms with Crippen LogP contribution in [-0.4, -0.2) is 10.2 Å². The molecule has 1 atom stereocenters. The molecule has 1 aromatic rings. The van der Waals surface area contributed by atoms with Crippen LogP contribution in [0.25, 0.3) is 0 Å². The lowest BCUT2D eigenvalue weighted by Gasteiger charge is -2.31. The van der Waals surface area contributed by atoms with Gasteiger partial charge < -0.3 is 0 Å². The highest BCUT2D eigenvalue weighted by Gasteiger charge is 2.30. The van der Waals surface area contributed by atoms with Crippen molar-refractivity contribution in [3.8, 4) is 0 Å². The number of hydrogen-bond acceptors (Lipinski definition) is 1. The Labute approximate surface area is 138 Å². The van der Waals surface area contributed by atoms with Crippen LogP contribution in [-0.2, 0) is 5.41 Å². The van der Waals surface area contributed by atoms with E-state index in [0.717, 1.165) is 0 Å². The molecule has 0 spiro atoms. The average molecular weight is 307 g/mol. The summed E-state index contributed by atoms with van der Waals surface area (Å²) in [5.74, 6) is 0. The fraction of sp³-hybridized carbons (Fsp3) is 0.850. The van der Waals surface area contributed by atoms with Crippen molar-refractivity contribution in [2.24, 2.45) is 0 Å². The molecule has 2 nitrogen and oxygen atoms in total. The van der Waals surface area contributed by atoms with Gasteiger partial charge in [-0.1, -0.05) is 78.6 Å². The van der Waals surface area contributed by atoms with Crippen molar-refractivity contribution in [3.05, 3.63) is 17.0 Å². The van der Waals surface area contributed by atoms with E-state index in [4.69, 9.17) is 0 Å². The molecule has 22 heavy (non-hydrogen) atoms. The van der Waals surface area contributed by atoms with E-state index in [9.17, 15) is 0 Å². The summed E-state index contributed by atoms with van der Waals surface area (Å²) in [4.78, 5) is 0. The zero-order valence-corrected chi connectivity index (χ0v) is 15.7. The Balaban J connectivity index is 2.67. The Bertz CT molecular complexity index is 388. The number of aromatic amines is 1. The van der Waals surface area contributed by atoms with Crippen molar-refractivity contribution in [2.45, 2.75) is 111 Å². The van der Waals surface area contributed by atoms with Crippen LogP contribution in [0.1, 0.15) is 108 Å². The predicted octanol–water partition coefficient (Wildman–Crippen LogP) is 6.62. The van der Waals surface area contributed by atoms with E-state index >= 15 is 0 Å². The molecular weight excluding hydrogens is 268 g/mol. The highest BCUT2D eigenvalue weighted by atomic mass is 15.1. The minimum atomic E-state index is 0.307. The van der Waals surface area contributed by atoms with Crippen molar-refractivity contribution in [1.29, 1.82) is 0 Å². The molecule has 1 heterocycles. The summed E-state index contributed by atoms with van der Waals surface area (Å²) in [5, 5.41) is 7.66. The number of aromatic nitrogens is 2. The van der Waals surface area contributed by atoms with Crippen LogP contribution in [0.4, 0.5) is 0 Å². The molecule has 0 aliphatic heterocycles. The Morgan fingerprint density at radius 3 is 1.77 bits per heavy atom. The molecule has 1 rings (SSSR count). The molecule has 0 aliphatic carbocycles. The van der Waals surface area contributed by atoms with Gasteiger partial charge in [-0.2, -0.15) is 5.10 Å². The van der Waals surface area contributed by atoms with Crippen molar-refractivity contribution in [1.82, 2.24) is 10.2 Å². The number of hydrogen-bond donors (Lipinski definition) is 1. The summed E-state index contributed by atoms with van der Waals surface area (Å²) >= 11 is 0. The fourth-order valence-electron chi connectivity index (χ4n) is 3.88. The summed E-state index contributed by atoms with van der Waals surface area (Å²) < 4.78 is 0. The molecule has 0 amide bonds. The molecule has 0 radical (unpaired) electrons. The Kier molecular flexibility index (Phi) is 8.82. The smallest absolute Gasteiger partial charge is 0.0631 e. The Morgan fingerprint density at radius 2 is 1.32 bits per heavy atom. The molecule has 0 bridgehead atoms. The van der Waals surface area contributed by atoms with Crippen molar-refractivity contribution in [3.63, 3.8) is 0 Å². The van der Waals surface area contributed by atoms with Gasteiger partial charge in [-0.25, -0.2) is 0 Å². The zero-order chi connectivity index (χ0) is 16.4. The second kappa shape index (κ2) is 10.1. The van der Waals surface area contributed by atoms with Gasteiger partial charge in [0.25, 0.3) is 0 Å². The third-order valence-corrected chi connectivity index (χ3v) is 5.15. The van der Waals surface area contributed by atoms with Crippen molar-refractivity contribution < 1.29 is 0 Å². The molecule has 2 heteroatoms. The summed E-state index contributed by atoms with van der Waals surface area (Å²) in [6.07, 6.45) is 14.9. The zero-order valence-electron chi connectivity index (χ0n) is 15.7. The number of nitrogens with zero attached hydrogens (tertiary/aromatic N) is 1. The highest BCUT2D eigenvalue weighted by Crippen LogP contribution is 2.38. The maximum Gasteiger partial charge on any atom is 0.0631 e. The van der Waals surface area contributed by atoms with E-state index in [0.29, 0.717) is 5.41 Å². The number of H-pyrrole nitrogens is 1. The van der Waals surface area contributed by atoms with Gasteiger partial charge in [0.15, 0.2) is 0 Å². The molecule has 0 fully saturated rings. The van der Waals surface area contributed by atoms with Crippen LogP contribution in [0.3, 0.4) is 0 Å². The van der Waals surface area contributed by atoms with Crippen molar-refractivity contribution in [2.75, 3.05) is 0 Å². The first kappa shape index (κ1) is 19.3.